The molecule has 1 aliphatic heterocycles. The number of anilines is 1. The number of carbonyl (C=O) groups excluding carboxylic acids is 2. The van der Waals surface area contributed by atoms with Gasteiger partial charge in [0.15, 0.2) is 10.6 Å². The van der Waals surface area contributed by atoms with Crippen LogP contribution in [0.5, 0.6) is 5.75 Å². The molecule has 196 valence electrons. The fourth-order valence-electron chi connectivity index (χ4n) is 4.66. The molecule has 0 radical (unpaired) electrons. The fourth-order valence-corrected chi connectivity index (χ4v) is 5.68. The first-order valence-corrected chi connectivity index (χ1v) is 13.4. The van der Waals surface area contributed by atoms with Crippen molar-refractivity contribution in [1.82, 2.24) is 4.98 Å². The highest BCUT2D eigenvalue weighted by atomic mass is 32.1. The van der Waals surface area contributed by atoms with Crippen LogP contribution >= 0.6 is 11.3 Å². The van der Waals surface area contributed by atoms with E-state index in [1.807, 2.05) is 24.3 Å². The van der Waals surface area contributed by atoms with E-state index in [2.05, 4.69) is 11.9 Å². The van der Waals surface area contributed by atoms with Gasteiger partial charge in [0, 0.05) is 0 Å². The van der Waals surface area contributed by atoms with Gasteiger partial charge in [0.25, 0.3) is 5.91 Å². The number of esters is 1. The average Bonchev–Trinajstić information content (AvgIpc) is 3.45. The minimum Gasteiger partial charge on any atom is -0.494 e. The average molecular weight is 533 g/mol. The largest absolute Gasteiger partial charge is 0.494 e. The number of para-hydroxylation sites is 1. The number of benzene rings is 2. The van der Waals surface area contributed by atoms with Crippen molar-refractivity contribution in [2.24, 2.45) is 0 Å². The molecule has 3 heterocycles. The summed E-state index contributed by atoms with van der Waals surface area (Å²) in [5, 5.41) is 0.674. The number of carbonyl (C=O) groups is 2. The zero-order valence-electron chi connectivity index (χ0n) is 21.5. The number of rotatable bonds is 9. The van der Waals surface area contributed by atoms with E-state index in [0.29, 0.717) is 39.5 Å². The van der Waals surface area contributed by atoms with Gasteiger partial charge in [0.05, 0.1) is 36.4 Å². The summed E-state index contributed by atoms with van der Waals surface area (Å²) in [4.78, 5) is 45.9. The van der Waals surface area contributed by atoms with Crippen molar-refractivity contribution in [3.8, 4) is 5.75 Å². The van der Waals surface area contributed by atoms with E-state index in [4.69, 9.17) is 13.9 Å². The Kier molecular flexibility index (Phi) is 7.28. The Morgan fingerprint density at radius 1 is 1.08 bits per heavy atom. The Hall–Kier alpha value is -3.98. The lowest BCUT2D eigenvalue weighted by Crippen LogP contribution is -2.29. The maximum absolute atomic E-state index is 13.8. The van der Waals surface area contributed by atoms with Crippen molar-refractivity contribution in [3.63, 3.8) is 0 Å². The quantitative estimate of drug-likeness (QED) is 0.191. The maximum Gasteiger partial charge on any atom is 0.350 e. The van der Waals surface area contributed by atoms with Gasteiger partial charge in [-0.3, -0.25) is 14.5 Å². The van der Waals surface area contributed by atoms with Crippen LogP contribution in [0.4, 0.5) is 5.13 Å². The predicted molar refractivity (Wildman–Crippen MR) is 145 cm³/mol. The van der Waals surface area contributed by atoms with Crippen molar-refractivity contribution in [2.45, 2.75) is 45.6 Å². The summed E-state index contributed by atoms with van der Waals surface area (Å²) >= 11 is 1.04. The highest BCUT2D eigenvalue weighted by Gasteiger charge is 2.45. The minimum absolute atomic E-state index is 0.0255. The molecular weight excluding hydrogens is 504 g/mol. The number of aromatic nitrogens is 1. The van der Waals surface area contributed by atoms with Crippen LogP contribution in [0.15, 0.2) is 57.7 Å². The number of hydrogen-bond acceptors (Lipinski definition) is 8. The number of methoxy groups -OCH3 is 1. The van der Waals surface area contributed by atoms with Gasteiger partial charge < -0.3 is 13.9 Å². The van der Waals surface area contributed by atoms with Gasteiger partial charge in [0.1, 0.15) is 16.2 Å². The molecule has 4 aromatic rings. The number of ether oxygens (including phenoxy) is 2. The Morgan fingerprint density at radius 3 is 2.58 bits per heavy atom. The molecule has 1 aliphatic rings. The minimum atomic E-state index is -0.784. The van der Waals surface area contributed by atoms with Gasteiger partial charge in [-0.2, -0.15) is 0 Å². The summed E-state index contributed by atoms with van der Waals surface area (Å²) in [5.74, 6) is -0.339. The number of amides is 1. The van der Waals surface area contributed by atoms with Gasteiger partial charge in [0.2, 0.25) is 5.76 Å². The lowest BCUT2D eigenvalue weighted by atomic mass is 9.98. The van der Waals surface area contributed by atoms with Crippen molar-refractivity contribution >= 4 is 39.3 Å². The summed E-state index contributed by atoms with van der Waals surface area (Å²) in [6.45, 7) is 4.47. The van der Waals surface area contributed by atoms with Gasteiger partial charge >= 0.3 is 5.97 Å². The van der Waals surface area contributed by atoms with Gasteiger partial charge in [-0.1, -0.05) is 61.8 Å². The smallest absolute Gasteiger partial charge is 0.350 e. The molecule has 0 spiro atoms. The number of unbranched alkanes of at least 4 members (excludes halogenated alkanes) is 3. The summed E-state index contributed by atoms with van der Waals surface area (Å²) < 4.78 is 16.8. The van der Waals surface area contributed by atoms with E-state index in [9.17, 15) is 14.4 Å². The predicted octanol–water partition coefficient (Wildman–Crippen LogP) is 6.05. The van der Waals surface area contributed by atoms with Crippen molar-refractivity contribution < 1.29 is 23.5 Å². The van der Waals surface area contributed by atoms with Crippen LogP contribution in [0, 0.1) is 6.92 Å². The molecule has 0 fully saturated rings. The van der Waals surface area contributed by atoms with E-state index in [1.165, 1.54) is 18.4 Å². The van der Waals surface area contributed by atoms with Gasteiger partial charge in [-0.15, -0.1) is 0 Å². The third kappa shape index (κ3) is 4.58. The van der Waals surface area contributed by atoms with E-state index in [-0.39, 0.29) is 21.9 Å². The summed E-state index contributed by atoms with van der Waals surface area (Å²) in [5.41, 5.74) is 1.44. The normalized spacial score (nSPS) is 14.7. The molecule has 0 N–H and O–H groups in total. The van der Waals surface area contributed by atoms with Crippen LogP contribution < -0.4 is 15.1 Å². The van der Waals surface area contributed by atoms with Crippen LogP contribution in [0.3, 0.4) is 0 Å². The molecule has 0 saturated carbocycles. The van der Waals surface area contributed by atoms with E-state index >= 15 is 0 Å². The first-order valence-electron chi connectivity index (χ1n) is 12.6. The standard InChI is InChI=1S/C29H28N2O6S/c1-4-5-6-9-16-36-19-14-12-18(13-15-19)23-22-24(32)20-10-7-8-11-21(20)37-25(22)27(33)31(23)29-30-17(2)26(38-29)28(34)35-3/h7-8,10-15,23H,4-6,9,16H2,1-3H3. The third-order valence-corrected chi connectivity index (χ3v) is 7.74. The fraction of sp³-hybridized carbons (Fsp3) is 0.310. The molecule has 8 nitrogen and oxygen atoms in total. The van der Waals surface area contributed by atoms with Crippen LogP contribution in [-0.4, -0.2) is 30.6 Å². The third-order valence-electron chi connectivity index (χ3n) is 6.60. The Bertz CT molecular complexity index is 1560. The van der Waals surface area contributed by atoms with Crippen molar-refractivity contribution in [3.05, 3.63) is 86.2 Å². The number of hydrogen-bond donors (Lipinski definition) is 0. The summed E-state index contributed by atoms with van der Waals surface area (Å²) in [7, 11) is 1.29. The SMILES string of the molecule is CCCCCCOc1ccc(C2c3c(oc4ccccc4c3=O)C(=O)N2c2nc(C)c(C(=O)OC)s2)cc1. The maximum atomic E-state index is 13.8. The second-order valence-electron chi connectivity index (χ2n) is 9.13. The molecular formula is C29H28N2O6S. The second kappa shape index (κ2) is 10.8. The summed E-state index contributed by atoms with van der Waals surface area (Å²) in [6, 6.07) is 13.4. The van der Waals surface area contributed by atoms with Crippen LogP contribution in [0.2, 0.25) is 0 Å². The lowest BCUT2D eigenvalue weighted by molar-refractivity contribution is 0.0605. The van der Waals surface area contributed by atoms with Crippen LogP contribution in [0.1, 0.15) is 75.7 Å². The topological polar surface area (TPSA) is 98.9 Å². The highest BCUT2D eigenvalue weighted by Crippen LogP contribution is 2.43. The molecule has 9 heteroatoms. The van der Waals surface area contributed by atoms with E-state index in [0.717, 1.165) is 30.6 Å². The molecule has 1 amide bonds. The molecule has 5 rings (SSSR count). The van der Waals surface area contributed by atoms with Gasteiger partial charge in [-0.25, -0.2) is 9.78 Å². The van der Waals surface area contributed by atoms with E-state index in [1.54, 1.807) is 31.2 Å². The molecule has 38 heavy (non-hydrogen) atoms. The molecule has 0 saturated heterocycles. The zero-order valence-corrected chi connectivity index (χ0v) is 22.3. The summed E-state index contributed by atoms with van der Waals surface area (Å²) in [6.07, 6.45) is 4.44. The number of fused-ring (bicyclic) bond motifs is 2. The molecule has 2 aromatic heterocycles. The molecule has 2 aromatic carbocycles. The number of thiazole rings is 1. The number of aryl methyl sites for hydroxylation is 1. The van der Waals surface area contributed by atoms with Crippen molar-refractivity contribution in [2.75, 3.05) is 18.6 Å². The van der Waals surface area contributed by atoms with Crippen LogP contribution in [0.25, 0.3) is 11.0 Å². The Morgan fingerprint density at radius 2 is 1.84 bits per heavy atom. The highest BCUT2D eigenvalue weighted by molar-refractivity contribution is 7.17. The monoisotopic (exact) mass is 532 g/mol. The zero-order chi connectivity index (χ0) is 26.8. The molecule has 0 aliphatic carbocycles. The molecule has 0 bridgehead atoms. The second-order valence-corrected chi connectivity index (χ2v) is 10.1. The van der Waals surface area contributed by atoms with E-state index < -0.39 is 17.9 Å². The Balaban J connectivity index is 1.58. The first kappa shape index (κ1) is 25.7. The number of nitrogens with zero attached hydrogens (tertiary/aromatic N) is 2. The molecule has 1 atom stereocenters. The van der Waals surface area contributed by atoms with Crippen molar-refractivity contribution in [1.29, 1.82) is 0 Å². The van der Waals surface area contributed by atoms with Gasteiger partial charge in [-0.05, 0) is 43.2 Å². The molecule has 1 unspecified atom stereocenters. The Labute approximate surface area is 223 Å². The first-order chi connectivity index (χ1) is 18.4. The van der Waals surface area contributed by atoms with Crippen LogP contribution in [-0.2, 0) is 4.74 Å². The lowest BCUT2D eigenvalue weighted by Gasteiger charge is -2.22.